The minimum absolute atomic E-state index is 0.0334. The molecule has 1 atom stereocenters. The minimum atomic E-state index is -0.261. The van der Waals surface area contributed by atoms with Gasteiger partial charge >= 0.3 is 0 Å². The summed E-state index contributed by atoms with van der Waals surface area (Å²) in [5.74, 6) is 1.59. The van der Waals surface area contributed by atoms with Crippen LogP contribution in [0.4, 0.5) is 0 Å². The smallest absolute Gasteiger partial charge is 0.271 e. The monoisotopic (exact) mass is 494 g/mol. The zero-order valence-corrected chi connectivity index (χ0v) is 21.0. The molecule has 0 radical (unpaired) electrons. The lowest BCUT2D eigenvalue weighted by atomic mass is 9.83. The second-order valence-corrected chi connectivity index (χ2v) is 9.87. The van der Waals surface area contributed by atoms with Crippen LogP contribution < -0.4 is 24.4 Å². The molecule has 2 aliphatic rings. The van der Waals surface area contributed by atoms with Crippen molar-refractivity contribution in [3.8, 4) is 11.5 Å². The zero-order valence-electron chi connectivity index (χ0n) is 20.2. The number of ether oxygens (including phenoxy) is 2. The van der Waals surface area contributed by atoms with Crippen molar-refractivity contribution in [1.82, 2.24) is 4.57 Å². The number of methoxy groups -OCH3 is 1. The van der Waals surface area contributed by atoms with Crippen LogP contribution in [0.25, 0.3) is 11.8 Å². The quantitative estimate of drug-likeness (QED) is 0.403. The zero-order chi connectivity index (χ0) is 24.6. The van der Waals surface area contributed by atoms with Gasteiger partial charge < -0.3 is 9.47 Å². The Bertz CT molecular complexity index is 1660. The molecule has 2 heterocycles. The third-order valence-electron chi connectivity index (χ3n) is 6.80. The van der Waals surface area contributed by atoms with Crippen LogP contribution in [0.15, 0.2) is 88.2 Å². The van der Waals surface area contributed by atoms with E-state index in [1.54, 1.807) is 7.11 Å². The Hall–Kier alpha value is -3.90. The van der Waals surface area contributed by atoms with E-state index in [4.69, 9.17) is 14.5 Å². The first-order valence-electron chi connectivity index (χ1n) is 12.2. The van der Waals surface area contributed by atoms with Crippen LogP contribution in [0.2, 0.25) is 0 Å². The maximum atomic E-state index is 13.9. The van der Waals surface area contributed by atoms with E-state index in [9.17, 15) is 4.79 Å². The largest absolute Gasteiger partial charge is 0.496 e. The normalized spacial score (nSPS) is 16.6. The Balaban J connectivity index is 1.58. The van der Waals surface area contributed by atoms with Crippen molar-refractivity contribution in [2.45, 2.75) is 25.8 Å². The first-order valence-corrected chi connectivity index (χ1v) is 13.0. The van der Waals surface area contributed by atoms with Gasteiger partial charge in [0.2, 0.25) is 0 Å². The molecule has 0 N–H and O–H groups in total. The van der Waals surface area contributed by atoms with E-state index in [-0.39, 0.29) is 11.6 Å². The van der Waals surface area contributed by atoms with Crippen molar-refractivity contribution >= 4 is 23.1 Å². The molecule has 3 aromatic carbocycles. The SMILES string of the molecule is CCOc1ccc(/C=c2\sc3n(c2=O)[C@H](c2ccccc2OC)C2=C(N=3)c3ccccc3CC2)cc1. The molecule has 5 nitrogen and oxygen atoms in total. The number of nitrogens with zero attached hydrogens (tertiary/aromatic N) is 2. The molecule has 0 saturated carbocycles. The third-order valence-corrected chi connectivity index (χ3v) is 7.78. The molecule has 180 valence electrons. The van der Waals surface area contributed by atoms with Gasteiger partial charge in [-0.25, -0.2) is 4.99 Å². The number of hydrogen-bond donors (Lipinski definition) is 0. The lowest BCUT2D eigenvalue weighted by molar-refractivity contribution is 0.340. The van der Waals surface area contributed by atoms with Crippen molar-refractivity contribution in [2.24, 2.45) is 4.99 Å². The van der Waals surface area contributed by atoms with Gasteiger partial charge in [-0.2, -0.15) is 0 Å². The number of fused-ring (bicyclic) bond motifs is 3. The van der Waals surface area contributed by atoms with Crippen LogP contribution in [-0.2, 0) is 6.42 Å². The molecule has 0 fully saturated rings. The van der Waals surface area contributed by atoms with Gasteiger partial charge in [0.1, 0.15) is 11.5 Å². The fourth-order valence-corrected chi connectivity index (χ4v) is 6.17. The van der Waals surface area contributed by atoms with Gasteiger partial charge in [0, 0.05) is 11.1 Å². The van der Waals surface area contributed by atoms with Crippen molar-refractivity contribution in [2.75, 3.05) is 13.7 Å². The first kappa shape index (κ1) is 22.6. The summed E-state index contributed by atoms with van der Waals surface area (Å²) in [6.45, 7) is 2.58. The van der Waals surface area contributed by atoms with Gasteiger partial charge in [-0.1, -0.05) is 65.9 Å². The molecule has 1 aliphatic carbocycles. The maximum absolute atomic E-state index is 13.9. The number of aryl methyl sites for hydroxylation is 1. The summed E-state index contributed by atoms with van der Waals surface area (Å²) in [6.07, 6.45) is 3.71. The van der Waals surface area contributed by atoms with Gasteiger partial charge in [0.15, 0.2) is 4.80 Å². The second kappa shape index (κ2) is 9.28. The average Bonchev–Trinajstić information content (AvgIpc) is 3.23. The van der Waals surface area contributed by atoms with Crippen LogP contribution >= 0.6 is 11.3 Å². The van der Waals surface area contributed by atoms with Gasteiger partial charge in [0.25, 0.3) is 5.56 Å². The topological polar surface area (TPSA) is 52.8 Å². The van der Waals surface area contributed by atoms with E-state index in [0.29, 0.717) is 15.9 Å². The summed E-state index contributed by atoms with van der Waals surface area (Å²) in [4.78, 5) is 19.7. The Morgan fingerprint density at radius 1 is 1.03 bits per heavy atom. The summed E-state index contributed by atoms with van der Waals surface area (Å²) in [5, 5.41) is 0. The molecule has 0 unspecified atom stereocenters. The maximum Gasteiger partial charge on any atom is 0.271 e. The fourth-order valence-electron chi connectivity index (χ4n) is 5.17. The lowest BCUT2D eigenvalue weighted by Crippen LogP contribution is -2.38. The lowest BCUT2D eigenvalue weighted by Gasteiger charge is -2.31. The highest BCUT2D eigenvalue weighted by Crippen LogP contribution is 2.43. The van der Waals surface area contributed by atoms with Gasteiger partial charge in [-0.15, -0.1) is 0 Å². The highest BCUT2D eigenvalue weighted by atomic mass is 32.1. The van der Waals surface area contributed by atoms with Crippen molar-refractivity contribution in [3.05, 3.63) is 120 Å². The summed E-state index contributed by atoms with van der Waals surface area (Å²) in [6, 6.07) is 24.0. The second-order valence-electron chi connectivity index (χ2n) is 8.86. The van der Waals surface area contributed by atoms with E-state index in [2.05, 4.69) is 30.3 Å². The van der Waals surface area contributed by atoms with E-state index < -0.39 is 0 Å². The molecule has 4 aromatic rings. The van der Waals surface area contributed by atoms with Gasteiger partial charge in [-0.05, 0) is 60.7 Å². The number of benzene rings is 3. The predicted octanol–water partition coefficient (Wildman–Crippen LogP) is 4.73. The standard InChI is InChI=1S/C30H26N2O3S/c1-3-35-21-15-12-19(13-16-21)18-26-29(33)32-28(23-10-6-7-11-25(23)34-2)24-17-14-20-8-4-5-9-22(20)27(24)31-30(32)36-26/h4-13,15-16,18,28H,3,14,17H2,1-2H3/b26-18-/t28-/m1/s1. The molecule has 36 heavy (non-hydrogen) atoms. The van der Waals surface area contributed by atoms with Crippen molar-refractivity contribution < 1.29 is 9.47 Å². The van der Waals surface area contributed by atoms with Crippen LogP contribution in [0.5, 0.6) is 11.5 Å². The number of para-hydroxylation sites is 1. The van der Waals surface area contributed by atoms with E-state index >= 15 is 0 Å². The summed E-state index contributed by atoms with van der Waals surface area (Å²) >= 11 is 1.44. The Labute approximate surface area is 213 Å². The summed E-state index contributed by atoms with van der Waals surface area (Å²) in [5.41, 5.74) is 6.51. The van der Waals surface area contributed by atoms with Crippen LogP contribution in [0.1, 0.15) is 41.6 Å². The molecule has 0 amide bonds. The Morgan fingerprint density at radius 3 is 2.61 bits per heavy atom. The fraction of sp³-hybridized carbons (Fsp3) is 0.200. The van der Waals surface area contributed by atoms with E-state index in [1.807, 2.05) is 60.0 Å². The van der Waals surface area contributed by atoms with Crippen molar-refractivity contribution in [1.29, 1.82) is 0 Å². The highest BCUT2D eigenvalue weighted by Gasteiger charge is 2.33. The van der Waals surface area contributed by atoms with Crippen molar-refractivity contribution in [3.63, 3.8) is 0 Å². The molecule has 0 bridgehead atoms. The van der Waals surface area contributed by atoms with E-state index in [1.165, 1.54) is 22.5 Å². The first-order chi connectivity index (χ1) is 17.7. The Morgan fingerprint density at radius 2 is 1.81 bits per heavy atom. The Kier molecular flexibility index (Phi) is 5.82. The molecular weight excluding hydrogens is 468 g/mol. The van der Waals surface area contributed by atoms with E-state index in [0.717, 1.165) is 46.7 Å². The molecule has 6 heteroatoms. The molecule has 1 aliphatic heterocycles. The number of allylic oxidation sites excluding steroid dienone is 1. The van der Waals surface area contributed by atoms with Gasteiger partial charge in [0.05, 0.1) is 30.0 Å². The highest BCUT2D eigenvalue weighted by molar-refractivity contribution is 7.07. The minimum Gasteiger partial charge on any atom is -0.496 e. The molecule has 1 aromatic heterocycles. The summed E-state index contributed by atoms with van der Waals surface area (Å²) in [7, 11) is 1.68. The number of aromatic nitrogens is 1. The van der Waals surface area contributed by atoms with Gasteiger partial charge in [-0.3, -0.25) is 9.36 Å². The predicted molar refractivity (Wildman–Crippen MR) is 143 cm³/mol. The van der Waals surface area contributed by atoms with Crippen LogP contribution in [0.3, 0.4) is 0 Å². The molecule has 0 saturated heterocycles. The van der Waals surface area contributed by atoms with Crippen LogP contribution in [-0.4, -0.2) is 18.3 Å². The molecule has 6 rings (SSSR count). The number of rotatable bonds is 5. The summed E-state index contributed by atoms with van der Waals surface area (Å²) < 4.78 is 13.8. The van der Waals surface area contributed by atoms with Crippen LogP contribution in [0, 0.1) is 0 Å². The number of hydrogen-bond acceptors (Lipinski definition) is 5. The molecular formula is C30H26N2O3S. The molecule has 0 spiro atoms. The number of thiazole rings is 1. The third kappa shape index (κ3) is 3.78. The average molecular weight is 495 g/mol.